The maximum absolute atomic E-state index is 11.9. The van der Waals surface area contributed by atoms with Crippen molar-refractivity contribution in [1.29, 1.82) is 0 Å². The molecule has 1 aromatic heterocycles. The van der Waals surface area contributed by atoms with Gasteiger partial charge in [0.25, 0.3) is 5.56 Å². The molecule has 1 aromatic carbocycles. The SMILES string of the molecule is O=c1[nH]c(Cc2ccc(Br)cc2)nc2c1CCC2. The van der Waals surface area contributed by atoms with Crippen LogP contribution in [0.25, 0.3) is 0 Å². The maximum atomic E-state index is 11.9. The fourth-order valence-corrected chi connectivity index (χ4v) is 2.64. The van der Waals surface area contributed by atoms with Crippen molar-refractivity contribution >= 4 is 15.9 Å². The summed E-state index contributed by atoms with van der Waals surface area (Å²) in [5, 5.41) is 0. The minimum absolute atomic E-state index is 0.0459. The molecule has 3 rings (SSSR count). The second kappa shape index (κ2) is 4.69. The number of halogens is 1. The molecule has 0 spiro atoms. The van der Waals surface area contributed by atoms with Crippen LogP contribution in [0.15, 0.2) is 33.5 Å². The van der Waals surface area contributed by atoms with Gasteiger partial charge in [-0.3, -0.25) is 4.79 Å². The van der Waals surface area contributed by atoms with Gasteiger partial charge in [-0.25, -0.2) is 4.98 Å². The van der Waals surface area contributed by atoms with Crippen LogP contribution in [-0.2, 0) is 19.3 Å². The molecule has 0 bridgehead atoms. The molecule has 0 amide bonds. The van der Waals surface area contributed by atoms with E-state index in [4.69, 9.17) is 0 Å². The van der Waals surface area contributed by atoms with E-state index in [-0.39, 0.29) is 5.56 Å². The molecule has 18 heavy (non-hydrogen) atoms. The van der Waals surface area contributed by atoms with Gasteiger partial charge in [-0.15, -0.1) is 0 Å². The number of rotatable bonds is 2. The zero-order chi connectivity index (χ0) is 12.5. The average Bonchev–Trinajstić information content (AvgIpc) is 2.81. The van der Waals surface area contributed by atoms with Gasteiger partial charge in [0.1, 0.15) is 5.82 Å². The van der Waals surface area contributed by atoms with Crippen LogP contribution in [0.3, 0.4) is 0 Å². The predicted octanol–water partition coefficient (Wildman–Crippen LogP) is 2.61. The minimum atomic E-state index is 0.0459. The fourth-order valence-electron chi connectivity index (χ4n) is 2.37. The molecular formula is C14H13BrN2O. The van der Waals surface area contributed by atoms with Crippen LogP contribution in [0.2, 0.25) is 0 Å². The van der Waals surface area contributed by atoms with E-state index in [1.165, 1.54) is 0 Å². The molecule has 0 aliphatic heterocycles. The third-order valence-corrected chi connectivity index (χ3v) is 3.80. The van der Waals surface area contributed by atoms with Gasteiger partial charge in [-0.1, -0.05) is 28.1 Å². The van der Waals surface area contributed by atoms with Gasteiger partial charge in [0.05, 0.1) is 5.69 Å². The van der Waals surface area contributed by atoms with E-state index < -0.39 is 0 Å². The van der Waals surface area contributed by atoms with Crippen molar-refractivity contribution in [2.75, 3.05) is 0 Å². The van der Waals surface area contributed by atoms with Crippen molar-refractivity contribution in [1.82, 2.24) is 9.97 Å². The molecule has 1 aliphatic carbocycles. The average molecular weight is 305 g/mol. The summed E-state index contributed by atoms with van der Waals surface area (Å²) < 4.78 is 1.06. The number of H-pyrrole nitrogens is 1. The molecule has 1 heterocycles. The number of aromatic amines is 1. The van der Waals surface area contributed by atoms with E-state index in [1.807, 2.05) is 24.3 Å². The summed E-state index contributed by atoms with van der Waals surface area (Å²) in [6.45, 7) is 0. The van der Waals surface area contributed by atoms with Crippen LogP contribution >= 0.6 is 15.9 Å². The second-order valence-electron chi connectivity index (χ2n) is 4.59. The minimum Gasteiger partial charge on any atom is -0.310 e. The highest BCUT2D eigenvalue weighted by Gasteiger charge is 2.16. The highest BCUT2D eigenvalue weighted by Crippen LogP contribution is 2.17. The topological polar surface area (TPSA) is 45.8 Å². The maximum Gasteiger partial charge on any atom is 0.254 e. The molecule has 4 heteroatoms. The monoisotopic (exact) mass is 304 g/mol. The zero-order valence-electron chi connectivity index (χ0n) is 9.87. The van der Waals surface area contributed by atoms with E-state index in [0.29, 0.717) is 6.42 Å². The number of nitrogens with one attached hydrogen (secondary N) is 1. The first-order valence-corrected chi connectivity index (χ1v) is 6.87. The zero-order valence-corrected chi connectivity index (χ0v) is 11.5. The van der Waals surface area contributed by atoms with Crippen LogP contribution in [0.5, 0.6) is 0 Å². The Kier molecular flexibility index (Phi) is 3.04. The van der Waals surface area contributed by atoms with Crippen LogP contribution in [0.1, 0.15) is 29.1 Å². The molecule has 92 valence electrons. The molecule has 0 saturated carbocycles. The van der Waals surface area contributed by atoms with Crippen LogP contribution in [-0.4, -0.2) is 9.97 Å². The van der Waals surface area contributed by atoms with Crippen molar-refractivity contribution < 1.29 is 0 Å². The van der Waals surface area contributed by atoms with E-state index in [1.54, 1.807) is 0 Å². The highest BCUT2D eigenvalue weighted by molar-refractivity contribution is 9.10. The summed E-state index contributed by atoms with van der Waals surface area (Å²) >= 11 is 3.41. The summed E-state index contributed by atoms with van der Waals surface area (Å²) in [5.74, 6) is 0.767. The summed E-state index contributed by atoms with van der Waals surface area (Å²) in [6, 6.07) is 8.08. The first-order valence-electron chi connectivity index (χ1n) is 6.08. The number of hydrogen-bond acceptors (Lipinski definition) is 2. The number of benzene rings is 1. The van der Waals surface area contributed by atoms with Gasteiger partial charge < -0.3 is 4.98 Å². The van der Waals surface area contributed by atoms with Crippen LogP contribution in [0, 0.1) is 0 Å². The lowest BCUT2D eigenvalue weighted by molar-refractivity contribution is 0.883. The molecule has 0 unspecified atom stereocenters. The van der Waals surface area contributed by atoms with E-state index >= 15 is 0 Å². The Hall–Kier alpha value is -1.42. The lowest BCUT2D eigenvalue weighted by atomic mass is 10.1. The Morgan fingerprint density at radius 3 is 2.78 bits per heavy atom. The number of hydrogen-bond donors (Lipinski definition) is 1. The summed E-state index contributed by atoms with van der Waals surface area (Å²) in [6.07, 6.45) is 3.53. The number of fused-ring (bicyclic) bond motifs is 1. The first-order chi connectivity index (χ1) is 8.72. The lowest BCUT2D eigenvalue weighted by Crippen LogP contribution is -2.17. The van der Waals surface area contributed by atoms with Gasteiger partial charge in [-0.2, -0.15) is 0 Å². The molecule has 1 aliphatic rings. The van der Waals surface area contributed by atoms with Crippen molar-refractivity contribution in [3.05, 3.63) is 61.7 Å². The molecule has 2 aromatic rings. The second-order valence-corrected chi connectivity index (χ2v) is 5.51. The van der Waals surface area contributed by atoms with Crippen molar-refractivity contribution in [3.63, 3.8) is 0 Å². The summed E-state index contributed by atoms with van der Waals surface area (Å²) in [4.78, 5) is 19.3. The molecule has 1 N–H and O–H groups in total. The number of aromatic nitrogens is 2. The largest absolute Gasteiger partial charge is 0.310 e. The summed E-state index contributed by atoms with van der Waals surface area (Å²) in [5.41, 5.74) is 3.07. The Morgan fingerprint density at radius 1 is 1.22 bits per heavy atom. The Bertz CT molecular complexity index is 631. The summed E-state index contributed by atoms with van der Waals surface area (Å²) in [7, 11) is 0. The Balaban J connectivity index is 1.92. The van der Waals surface area contributed by atoms with Gasteiger partial charge in [-0.05, 0) is 37.0 Å². The standard InChI is InChI=1S/C14H13BrN2O/c15-10-6-4-9(5-7-10)8-13-16-12-3-1-2-11(12)14(18)17-13/h4-7H,1-3,8H2,(H,16,17,18). The molecule has 0 atom stereocenters. The molecule has 0 radical (unpaired) electrons. The number of aryl methyl sites for hydroxylation is 1. The molecule has 0 saturated heterocycles. The van der Waals surface area contributed by atoms with Crippen molar-refractivity contribution in [3.8, 4) is 0 Å². The van der Waals surface area contributed by atoms with Gasteiger partial charge in [0.15, 0.2) is 0 Å². The van der Waals surface area contributed by atoms with Gasteiger partial charge in [0, 0.05) is 16.5 Å². The normalized spacial score (nSPS) is 13.6. The molecule has 0 fully saturated rings. The van der Waals surface area contributed by atoms with E-state index in [0.717, 1.165) is 46.4 Å². The fraction of sp³-hybridized carbons (Fsp3) is 0.286. The molecular weight excluding hydrogens is 292 g/mol. The third-order valence-electron chi connectivity index (χ3n) is 3.28. The van der Waals surface area contributed by atoms with E-state index in [9.17, 15) is 4.79 Å². The van der Waals surface area contributed by atoms with Gasteiger partial charge >= 0.3 is 0 Å². The van der Waals surface area contributed by atoms with Crippen LogP contribution < -0.4 is 5.56 Å². The quantitative estimate of drug-likeness (QED) is 0.927. The van der Waals surface area contributed by atoms with E-state index in [2.05, 4.69) is 25.9 Å². The number of nitrogens with zero attached hydrogens (tertiary/aromatic N) is 1. The van der Waals surface area contributed by atoms with Gasteiger partial charge in [0.2, 0.25) is 0 Å². The smallest absolute Gasteiger partial charge is 0.254 e. The molecule has 3 nitrogen and oxygen atoms in total. The highest BCUT2D eigenvalue weighted by atomic mass is 79.9. The Morgan fingerprint density at radius 2 is 2.00 bits per heavy atom. The van der Waals surface area contributed by atoms with Crippen molar-refractivity contribution in [2.24, 2.45) is 0 Å². The lowest BCUT2D eigenvalue weighted by Gasteiger charge is -2.04. The third kappa shape index (κ3) is 2.25. The predicted molar refractivity (Wildman–Crippen MR) is 73.8 cm³/mol. The first kappa shape index (κ1) is 11.7. The van der Waals surface area contributed by atoms with Crippen molar-refractivity contribution in [2.45, 2.75) is 25.7 Å². The Labute approximate surface area is 113 Å². The van der Waals surface area contributed by atoms with Crippen LogP contribution in [0.4, 0.5) is 0 Å².